The molecule has 14 aromatic rings. The van der Waals surface area contributed by atoms with Crippen LogP contribution in [0.2, 0.25) is 0 Å². The molecule has 0 fully saturated rings. The molecule has 14 rings (SSSR count). The number of nitrogens with zero attached hydrogens (tertiary/aromatic N) is 2. The van der Waals surface area contributed by atoms with Crippen molar-refractivity contribution in [2.24, 2.45) is 0 Å². The lowest BCUT2D eigenvalue weighted by Gasteiger charge is -2.32. The van der Waals surface area contributed by atoms with E-state index >= 15 is 0 Å². The Morgan fingerprint density at radius 3 is 1.12 bits per heavy atom. The maximum absolute atomic E-state index is 2.55. The van der Waals surface area contributed by atoms with Crippen LogP contribution in [0.3, 0.4) is 0 Å². The van der Waals surface area contributed by atoms with Crippen molar-refractivity contribution in [1.29, 1.82) is 0 Å². The second kappa shape index (κ2) is 17.2. The van der Waals surface area contributed by atoms with Crippen LogP contribution in [-0.2, 0) is 0 Å². The van der Waals surface area contributed by atoms with Crippen molar-refractivity contribution in [2.75, 3.05) is 9.80 Å². The number of fused-ring (bicyclic) bond motifs is 6. The Morgan fingerprint density at radius 2 is 0.689 bits per heavy atom. The molecule has 0 radical (unpaired) electrons. The molecule has 2 aromatic heterocycles. The first kappa shape index (κ1) is 44.4. The minimum absolute atomic E-state index is 1.15. The molecule has 0 N–H and O–H groups in total. The first-order valence-corrected chi connectivity index (χ1v) is 27.3. The molecule has 0 bridgehead atoms. The fourth-order valence-electron chi connectivity index (χ4n) is 12.3. The van der Waals surface area contributed by atoms with Gasteiger partial charge in [-0.15, -0.1) is 22.7 Å². The van der Waals surface area contributed by atoms with Crippen molar-refractivity contribution in [2.45, 2.75) is 41.5 Å². The molecule has 0 spiro atoms. The third-order valence-corrected chi connectivity index (χ3v) is 17.9. The summed E-state index contributed by atoms with van der Waals surface area (Å²) in [6.07, 6.45) is 0. The average Bonchev–Trinajstić information content (AvgIpc) is 4.04. The summed E-state index contributed by atoms with van der Waals surface area (Å²) >= 11 is 3.79. The fourth-order valence-corrected chi connectivity index (χ4v) is 14.8. The van der Waals surface area contributed by atoms with Crippen molar-refractivity contribution in [3.05, 3.63) is 240 Å². The zero-order valence-electron chi connectivity index (χ0n) is 42.3. The van der Waals surface area contributed by atoms with Gasteiger partial charge in [0.05, 0.1) is 22.7 Å². The summed E-state index contributed by atoms with van der Waals surface area (Å²) in [6.45, 7) is 13.5. The van der Waals surface area contributed by atoms with Gasteiger partial charge >= 0.3 is 0 Å². The van der Waals surface area contributed by atoms with Gasteiger partial charge in [0.2, 0.25) is 0 Å². The lowest BCUT2D eigenvalue weighted by atomic mass is 9.91. The fraction of sp³-hybridized carbons (Fsp3) is 0.0857. The van der Waals surface area contributed by atoms with Crippen LogP contribution in [0.5, 0.6) is 0 Å². The van der Waals surface area contributed by atoms with Crippen LogP contribution in [0.15, 0.2) is 206 Å². The first-order chi connectivity index (χ1) is 36.2. The van der Waals surface area contributed by atoms with E-state index in [0.29, 0.717) is 0 Å². The summed E-state index contributed by atoms with van der Waals surface area (Å²) in [7, 11) is 0. The molecule has 354 valence electrons. The third kappa shape index (κ3) is 6.96. The molecule has 74 heavy (non-hydrogen) atoms. The Kier molecular flexibility index (Phi) is 10.3. The maximum atomic E-state index is 2.55. The van der Waals surface area contributed by atoms with E-state index in [-0.39, 0.29) is 0 Å². The Hall–Kier alpha value is -8.28. The van der Waals surface area contributed by atoms with Crippen LogP contribution < -0.4 is 9.80 Å². The van der Waals surface area contributed by atoms with Crippen molar-refractivity contribution in [3.8, 4) is 22.3 Å². The van der Waals surface area contributed by atoms with E-state index in [2.05, 4.69) is 258 Å². The van der Waals surface area contributed by atoms with Crippen molar-refractivity contribution < 1.29 is 0 Å². The number of para-hydroxylation sites is 2. The third-order valence-electron chi connectivity index (χ3n) is 15.5. The molecule has 0 aliphatic rings. The number of aryl methyl sites for hydroxylation is 6. The Balaban J connectivity index is 0.992. The zero-order chi connectivity index (χ0) is 49.9. The number of hydrogen-bond donors (Lipinski definition) is 0. The molecular formula is C70H52N2S2. The van der Waals surface area contributed by atoms with E-state index in [9.17, 15) is 0 Å². The van der Waals surface area contributed by atoms with Gasteiger partial charge in [0.25, 0.3) is 0 Å². The summed E-state index contributed by atoms with van der Waals surface area (Å²) in [5.74, 6) is 0. The van der Waals surface area contributed by atoms with Crippen LogP contribution >= 0.6 is 22.7 Å². The van der Waals surface area contributed by atoms with E-state index in [1.165, 1.54) is 140 Å². The SMILES string of the molecule is Cc1cc(-c2cccc3c2sc2ccccc23)cc(N(c2c(C)cccc2C)c2ccc3ccc4c(N(c5cc(C)cc(-c6cccc7c6sc6ccccc67)c5)c5c(C)cccc5C)ccc5ccc2c3c54)c1. The second-order valence-corrected chi connectivity index (χ2v) is 22.5. The molecule has 0 unspecified atom stereocenters. The molecule has 2 heterocycles. The summed E-state index contributed by atoms with van der Waals surface area (Å²) in [5, 5.41) is 12.7. The topological polar surface area (TPSA) is 6.48 Å². The molecule has 0 aliphatic heterocycles. The Morgan fingerprint density at radius 1 is 0.311 bits per heavy atom. The van der Waals surface area contributed by atoms with Gasteiger partial charge in [-0.2, -0.15) is 0 Å². The Labute approximate surface area is 440 Å². The van der Waals surface area contributed by atoms with Crippen LogP contribution in [-0.4, -0.2) is 0 Å². The lowest BCUT2D eigenvalue weighted by Crippen LogP contribution is -2.14. The zero-order valence-corrected chi connectivity index (χ0v) is 44.0. The van der Waals surface area contributed by atoms with E-state index in [4.69, 9.17) is 0 Å². The van der Waals surface area contributed by atoms with E-state index < -0.39 is 0 Å². The van der Waals surface area contributed by atoms with Gasteiger partial charge in [-0.25, -0.2) is 0 Å². The minimum atomic E-state index is 1.15. The van der Waals surface area contributed by atoms with Gasteiger partial charge in [0.1, 0.15) is 0 Å². The summed E-state index contributed by atoms with van der Waals surface area (Å²) < 4.78 is 5.29. The maximum Gasteiger partial charge on any atom is 0.0540 e. The number of hydrogen-bond acceptors (Lipinski definition) is 4. The molecule has 2 nitrogen and oxygen atoms in total. The van der Waals surface area contributed by atoms with Crippen molar-refractivity contribution >= 4 is 129 Å². The van der Waals surface area contributed by atoms with Crippen molar-refractivity contribution in [1.82, 2.24) is 0 Å². The first-order valence-electron chi connectivity index (χ1n) is 25.6. The lowest BCUT2D eigenvalue weighted by molar-refractivity contribution is 1.22. The predicted octanol–water partition coefficient (Wildman–Crippen LogP) is 21.4. The average molecular weight is 985 g/mol. The molecule has 0 aliphatic carbocycles. The number of benzene rings is 12. The predicted molar refractivity (Wildman–Crippen MR) is 325 cm³/mol. The molecule has 0 atom stereocenters. The van der Waals surface area contributed by atoms with Crippen LogP contribution in [0.4, 0.5) is 34.1 Å². The number of anilines is 6. The molecule has 12 aromatic carbocycles. The van der Waals surface area contributed by atoms with Gasteiger partial charge in [-0.05, 0) is 167 Å². The van der Waals surface area contributed by atoms with Gasteiger partial charge in [0, 0.05) is 62.5 Å². The highest BCUT2D eigenvalue weighted by Crippen LogP contribution is 2.51. The second-order valence-electron chi connectivity index (χ2n) is 20.4. The highest BCUT2D eigenvalue weighted by molar-refractivity contribution is 7.26. The summed E-state index contributed by atoms with van der Waals surface area (Å²) in [4.78, 5) is 5.10. The normalized spacial score (nSPS) is 11.9. The van der Waals surface area contributed by atoms with Gasteiger partial charge in [0.15, 0.2) is 0 Å². The van der Waals surface area contributed by atoms with E-state index in [1.807, 2.05) is 22.7 Å². The van der Waals surface area contributed by atoms with E-state index in [1.54, 1.807) is 0 Å². The molecule has 0 saturated carbocycles. The van der Waals surface area contributed by atoms with Gasteiger partial charge < -0.3 is 9.80 Å². The molecular weight excluding hydrogens is 933 g/mol. The molecule has 0 saturated heterocycles. The highest BCUT2D eigenvalue weighted by Gasteiger charge is 2.26. The summed E-state index contributed by atoms with van der Waals surface area (Å²) in [5.41, 5.74) is 19.4. The van der Waals surface area contributed by atoms with Crippen LogP contribution in [0.25, 0.3) is 94.9 Å². The smallest absolute Gasteiger partial charge is 0.0540 e. The highest BCUT2D eigenvalue weighted by atomic mass is 32.1. The monoisotopic (exact) mass is 984 g/mol. The molecule has 4 heteroatoms. The van der Waals surface area contributed by atoms with Gasteiger partial charge in [-0.3, -0.25) is 0 Å². The quantitative estimate of drug-likeness (QED) is 0.140. The standard InChI is InChI=1S/C70H52N2S2/c1-41-35-49(53-21-13-23-57-55-19-7-9-25-63(55)73-69(53)57)39-51(37-41)71(67-43(3)15-11-16-44(67)4)61-33-29-47-28-32-60-62(34-30-48-27-31-59(61)65(47)66(48)60)72(68-45(5)17-12-18-46(68)6)52-38-42(2)36-50(40-52)54-22-14-24-58-56-20-8-10-26-64(56)74-70(54)58/h7-40H,1-6H3. The number of rotatable bonds is 8. The molecule has 0 amide bonds. The number of thiophene rings is 2. The van der Waals surface area contributed by atoms with Gasteiger partial charge in [-0.1, -0.05) is 158 Å². The van der Waals surface area contributed by atoms with Crippen molar-refractivity contribution in [3.63, 3.8) is 0 Å². The van der Waals surface area contributed by atoms with Crippen LogP contribution in [0, 0.1) is 41.5 Å². The van der Waals surface area contributed by atoms with Crippen LogP contribution in [0.1, 0.15) is 33.4 Å². The largest absolute Gasteiger partial charge is 0.309 e. The van der Waals surface area contributed by atoms with E-state index in [0.717, 1.165) is 22.7 Å². The minimum Gasteiger partial charge on any atom is -0.309 e. The summed E-state index contributed by atoms with van der Waals surface area (Å²) in [6, 6.07) is 77.8. The Bertz CT molecular complexity index is 4260.